The normalized spacial score (nSPS) is 24.3. The molecule has 6 heteroatoms. The Bertz CT molecular complexity index is 650. The zero-order valence-electron chi connectivity index (χ0n) is 17.6. The third-order valence-corrected chi connectivity index (χ3v) is 6.79. The first kappa shape index (κ1) is 21.6. The molecule has 0 aromatic rings. The molecule has 3 aliphatic heterocycles. The Hall–Kier alpha value is -2.11. The first-order valence-electron chi connectivity index (χ1n) is 11.1. The second-order valence-corrected chi connectivity index (χ2v) is 8.72. The van der Waals surface area contributed by atoms with Gasteiger partial charge in [0.1, 0.15) is 0 Å². The van der Waals surface area contributed by atoms with Crippen LogP contribution in [0.15, 0.2) is 25.3 Å². The molecule has 0 unspecified atom stereocenters. The molecule has 0 saturated carbocycles. The molecule has 0 aliphatic carbocycles. The van der Waals surface area contributed by atoms with E-state index >= 15 is 0 Å². The van der Waals surface area contributed by atoms with Gasteiger partial charge in [-0.25, -0.2) is 0 Å². The third kappa shape index (κ3) is 4.73. The number of hydrogen-bond acceptors (Lipinski definition) is 3. The van der Waals surface area contributed by atoms with E-state index in [1.165, 1.54) is 0 Å². The van der Waals surface area contributed by atoms with Crippen molar-refractivity contribution in [3.05, 3.63) is 25.3 Å². The highest BCUT2D eigenvalue weighted by molar-refractivity contribution is 5.84. The lowest BCUT2D eigenvalue weighted by Gasteiger charge is -2.41. The van der Waals surface area contributed by atoms with E-state index in [0.717, 1.165) is 51.6 Å². The van der Waals surface area contributed by atoms with Gasteiger partial charge in [-0.15, -0.1) is 13.2 Å². The summed E-state index contributed by atoms with van der Waals surface area (Å²) in [5, 5.41) is 0. The minimum atomic E-state index is -0.191. The van der Waals surface area contributed by atoms with Crippen LogP contribution in [0.3, 0.4) is 0 Å². The fourth-order valence-corrected chi connectivity index (χ4v) is 5.27. The van der Waals surface area contributed by atoms with Crippen molar-refractivity contribution in [1.82, 2.24) is 14.7 Å². The second-order valence-electron chi connectivity index (χ2n) is 8.72. The Morgan fingerprint density at radius 1 is 1.00 bits per heavy atom. The van der Waals surface area contributed by atoms with E-state index in [1.54, 1.807) is 0 Å². The molecule has 0 spiro atoms. The third-order valence-electron chi connectivity index (χ3n) is 6.79. The highest BCUT2D eigenvalue weighted by atomic mass is 16.2. The van der Waals surface area contributed by atoms with Crippen LogP contribution in [0, 0.1) is 5.92 Å². The average Bonchev–Trinajstić information content (AvgIpc) is 3.30. The van der Waals surface area contributed by atoms with Crippen LogP contribution in [0.1, 0.15) is 57.8 Å². The number of likely N-dealkylation sites (tertiary alicyclic amines) is 3. The molecular formula is C23H35N3O3. The van der Waals surface area contributed by atoms with E-state index < -0.39 is 0 Å². The van der Waals surface area contributed by atoms with Gasteiger partial charge in [0.05, 0.1) is 5.92 Å². The van der Waals surface area contributed by atoms with Crippen LogP contribution in [0.2, 0.25) is 0 Å². The highest BCUT2D eigenvalue weighted by Gasteiger charge is 2.44. The predicted octanol–water partition coefficient (Wildman–Crippen LogP) is 2.75. The first-order valence-corrected chi connectivity index (χ1v) is 11.1. The summed E-state index contributed by atoms with van der Waals surface area (Å²) in [5.74, 6) is 0.399. The lowest BCUT2D eigenvalue weighted by Crippen LogP contribution is -2.53. The van der Waals surface area contributed by atoms with Crippen molar-refractivity contribution >= 4 is 17.7 Å². The van der Waals surface area contributed by atoms with Crippen LogP contribution in [0.4, 0.5) is 0 Å². The van der Waals surface area contributed by atoms with Crippen LogP contribution in [-0.4, -0.2) is 70.7 Å². The average molecular weight is 402 g/mol. The number of nitrogens with zero attached hydrogens (tertiary/aromatic N) is 3. The van der Waals surface area contributed by atoms with Crippen molar-refractivity contribution in [1.29, 1.82) is 0 Å². The molecule has 3 fully saturated rings. The molecule has 0 bridgehead atoms. The smallest absolute Gasteiger partial charge is 0.227 e. The zero-order chi connectivity index (χ0) is 20.9. The number of carbonyl (C=O) groups excluding carboxylic acids is 3. The molecule has 3 aliphatic rings. The molecule has 0 aromatic carbocycles. The number of piperidine rings is 1. The van der Waals surface area contributed by atoms with Gasteiger partial charge in [0, 0.05) is 51.1 Å². The monoisotopic (exact) mass is 401 g/mol. The maximum absolute atomic E-state index is 13.4. The molecule has 3 amide bonds. The molecule has 3 saturated heterocycles. The number of hydrogen-bond donors (Lipinski definition) is 0. The van der Waals surface area contributed by atoms with Crippen LogP contribution in [0.25, 0.3) is 0 Å². The molecule has 0 N–H and O–H groups in total. The molecule has 1 atom stereocenters. The molecule has 0 aromatic heterocycles. The Labute approximate surface area is 174 Å². The van der Waals surface area contributed by atoms with Crippen LogP contribution >= 0.6 is 0 Å². The Morgan fingerprint density at radius 2 is 1.69 bits per heavy atom. The second kappa shape index (κ2) is 9.59. The Morgan fingerprint density at radius 3 is 2.34 bits per heavy atom. The lowest BCUT2D eigenvalue weighted by molar-refractivity contribution is -0.145. The summed E-state index contributed by atoms with van der Waals surface area (Å²) in [6, 6.07) is 0. The zero-order valence-corrected chi connectivity index (χ0v) is 17.6. The number of rotatable bonds is 9. The number of carbonyl (C=O) groups is 3. The van der Waals surface area contributed by atoms with Crippen molar-refractivity contribution in [2.24, 2.45) is 5.92 Å². The molecule has 160 valence electrons. The fraction of sp³-hybridized carbons (Fsp3) is 0.696. The fourth-order valence-electron chi connectivity index (χ4n) is 5.27. The topological polar surface area (TPSA) is 60.9 Å². The summed E-state index contributed by atoms with van der Waals surface area (Å²) in [6.45, 7) is 11.2. The van der Waals surface area contributed by atoms with Crippen LogP contribution in [-0.2, 0) is 14.4 Å². The van der Waals surface area contributed by atoms with E-state index in [4.69, 9.17) is 0 Å². The quantitative estimate of drug-likeness (QED) is 0.558. The minimum absolute atomic E-state index is 0.131. The molecular weight excluding hydrogens is 366 g/mol. The van der Waals surface area contributed by atoms with E-state index in [1.807, 2.05) is 22.0 Å². The van der Waals surface area contributed by atoms with Gasteiger partial charge in [-0.1, -0.05) is 12.2 Å². The minimum Gasteiger partial charge on any atom is -0.343 e. The van der Waals surface area contributed by atoms with Crippen LogP contribution in [0.5, 0.6) is 0 Å². The summed E-state index contributed by atoms with van der Waals surface area (Å²) in [5.41, 5.74) is -0.191. The summed E-state index contributed by atoms with van der Waals surface area (Å²) in [7, 11) is 0. The van der Waals surface area contributed by atoms with Crippen molar-refractivity contribution in [3.63, 3.8) is 0 Å². The highest BCUT2D eigenvalue weighted by Crippen LogP contribution is 2.38. The summed E-state index contributed by atoms with van der Waals surface area (Å²) < 4.78 is 0. The molecule has 3 heterocycles. The molecule has 0 radical (unpaired) electrons. The van der Waals surface area contributed by atoms with Gasteiger partial charge in [-0.3, -0.25) is 14.4 Å². The van der Waals surface area contributed by atoms with Gasteiger partial charge in [0.25, 0.3) is 0 Å². The van der Waals surface area contributed by atoms with Gasteiger partial charge in [-0.05, 0) is 44.9 Å². The summed E-state index contributed by atoms with van der Waals surface area (Å²) in [6.07, 6.45) is 10.8. The molecule has 29 heavy (non-hydrogen) atoms. The van der Waals surface area contributed by atoms with E-state index in [2.05, 4.69) is 18.1 Å². The molecule has 3 rings (SSSR count). The van der Waals surface area contributed by atoms with Gasteiger partial charge in [0.2, 0.25) is 17.7 Å². The number of amides is 3. The maximum Gasteiger partial charge on any atom is 0.227 e. The van der Waals surface area contributed by atoms with Crippen LogP contribution < -0.4 is 0 Å². The van der Waals surface area contributed by atoms with E-state index in [9.17, 15) is 14.4 Å². The maximum atomic E-state index is 13.4. The van der Waals surface area contributed by atoms with Gasteiger partial charge in [0.15, 0.2) is 0 Å². The van der Waals surface area contributed by atoms with Gasteiger partial charge >= 0.3 is 0 Å². The standard InChI is InChI=1S/C23H35N3O3/c1-3-11-23(12-4-2)13-6-17-26(23)22(29)19-9-10-21(28)25(18-19)16-7-15-24-14-5-8-20(24)27/h3-4,19H,1-2,5-18H2/t19-/m1/s1. The van der Waals surface area contributed by atoms with E-state index in [-0.39, 0.29) is 29.2 Å². The SMILES string of the molecule is C=CCC1(CC=C)CCCN1C(=O)[C@@H]1CCC(=O)N(CCCN2CCCC2=O)C1. The predicted molar refractivity (Wildman–Crippen MR) is 113 cm³/mol. The van der Waals surface area contributed by atoms with Crippen molar-refractivity contribution in [3.8, 4) is 0 Å². The molecule has 6 nitrogen and oxygen atoms in total. The largest absolute Gasteiger partial charge is 0.343 e. The summed E-state index contributed by atoms with van der Waals surface area (Å²) in [4.78, 5) is 43.4. The Kier molecular flexibility index (Phi) is 7.14. The lowest BCUT2D eigenvalue weighted by atomic mass is 9.86. The van der Waals surface area contributed by atoms with Crippen molar-refractivity contribution < 1.29 is 14.4 Å². The van der Waals surface area contributed by atoms with Gasteiger partial charge < -0.3 is 14.7 Å². The van der Waals surface area contributed by atoms with Crippen molar-refractivity contribution in [2.45, 2.75) is 63.3 Å². The van der Waals surface area contributed by atoms with Gasteiger partial charge in [-0.2, -0.15) is 0 Å². The first-order chi connectivity index (χ1) is 14.0. The van der Waals surface area contributed by atoms with Crippen molar-refractivity contribution in [2.75, 3.05) is 32.7 Å². The van der Waals surface area contributed by atoms with E-state index in [0.29, 0.717) is 38.9 Å². The summed E-state index contributed by atoms with van der Waals surface area (Å²) >= 11 is 0. The Balaban J connectivity index is 1.59.